The van der Waals surface area contributed by atoms with Gasteiger partial charge in [0.15, 0.2) is 11.5 Å². The molecule has 1 amide bonds. The van der Waals surface area contributed by atoms with Gasteiger partial charge in [0.25, 0.3) is 5.91 Å². The van der Waals surface area contributed by atoms with Crippen LogP contribution in [0.1, 0.15) is 30.6 Å². The van der Waals surface area contributed by atoms with Gasteiger partial charge in [0.2, 0.25) is 6.79 Å². The lowest BCUT2D eigenvalue weighted by atomic mass is 10.0. The molecular weight excluding hydrogens is 266 g/mol. The highest BCUT2D eigenvalue weighted by molar-refractivity contribution is 6.17. The summed E-state index contributed by atoms with van der Waals surface area (Å²) in [7, 11) is 0. The lowest BCUT2D eigenvalue weighted by Gasteiger charge is -2.21. The summed E-state index contributed by atoms with van der Waals surface area (Å²) in [5.41, 5.74) is 0.574. The number of carbonyl (C=O) groups excluding carboxylic acids is 1. The average molecular weight is 284 g/mol. The van der Waals surface area contributed by atoms with Crippen LogP contribution in [0.5, 0.6) is 11.5 Å². The number of fused-ring (bicyclic) bond motifs is 1. The topological polar surface area (TPSA) is 47.6 Å². The van der Waals surface area contributed by atoms with Gasteiger partial charge in [0.05, 0.1) is 0 Å². The summed E-state index contributed by atoms with van der Waals surface area (Å²) in [6.45, 7) is 4.34. The molecule has 0 aliphatic carbocycles. The van der Waals surface area contributed by atoms with Gasteiger partial charge < -0.3 is 14.8 Å². The SMILES string of the molecule is CC(C)C(CCCl)NC(=O)c1ccc2c(c1)OCO2. The third-order valence-electron chi connectivity index (χ3n) is 3.18. The van der Waals surface area contributed by atoms with E-state index >= 15 is 0 Å². The second-order valence-corrected chi connectivity index (χ2v) is 5.25. The van der Waals surface area contributed by atoms with Gasteiger partial charge >= 0.3 is 0 Å². The van der Waals surface area contributed by atoms with Crippen LogP contribution in [0, 0.1) is 5.92 Å². The van der Waals surface area contributed by atoms with E-state index in [0.717, 1.165) is 6.42 Å². The standard InChI is InChI=1S/C14H18ClNO3/c1-9(2)11(5-6-15)16-14(17)10-3-4-12-13(7-10)19-8-18-12/h3-4,7,9,11H,5-6,8H2,1-2H3,(H,16,17). The molecule has 0 saturated heterocycles. The molecule has 0 spiro atoms. The lowest BCUT2D eigenvalue weighted by Crippen LogP contribution is -2.38. The van der Waals surface area contributed by atoms with Crippen molar-refractivity contribution < 1.29 is 14.3 Å². The Kier molecular flexibility index (Phi) is 4.53. The van der Waals surface area contributed by atoms with Crippen molar-refractivity contribution in [1.82, 2.24) is 5.32 Å². The molecule has 5 heteroatoms. The fraction of sp³-hybridized carbons (Fsp3) is 0.500. The maximum absolute atomic E-state index is 12.2. The molecule has 0 fully saturated rings. The maximum atomic E-state index is 12.2. The molecule has 1 atom stereocenters. The number of rotatable bonds is 5. The first-order valence-corrected chi connectivity index (χ1v) is 6.91. The molecule has 0 saturated carbocycles. The number of benzene rings is 1. The van der Waals surface area contributed by atoms with Gasteiger partial charge in [-0.15, -0.1) is 11.6 Å². The van der Waals surface area contributed by atoms with Crippen molar-refractivity contribution in [2.75, 3.05) is 12.7 Å². The summed E-state index contributed by atoms with van der Waals surface area (Å²) in [4.78, 5) is 12.2. The minimum absolute atomic E-state index is 0.0791. The second kappa shape index (κ2) is 6.15. The predicted octanol–water partition coefficient (Wildman–Crippen LogP) is 2.80. The Morgan fingerprint density at radius 2 is 2.11 bits per heavy atom. The van der Waals surface area contributed by atoms with Gasteiger partial charge in [0, 0.05) is 17.5 Å². The van der Waals surface area contributed by atoms with Crippen molar-refractivity contribution in [3.8, 4) is 11.5 Å². The van der Waals surface area contributed by atoms with Crippen molar-refractivity contribution in [3.05, 3.63) is 23.8 Å². The number of hydrogen-bond donors (Lipinski definition) is 1. The molecule has 104 valence electrons. The van der Waals surface area contributed by atoms with E-state index in [4.69, 9.17) is 21.1 Å². The molecule has 0 radical (unpaired) electrons. The summed E-state index contributed by atoms with van der Waals surface area (Å²) in [6.07, 6.45) is 0.759. The lowest BCUT2D eigenvalue weighted by molar-refractivity contribution is 0.0924. The summed E-state index contributed by atoms with van der Waals surface area (Å²) in [5.74, 6) is 2.06. The highest BCUT2D eigenvalue weighted by atomic mass is 35.5. The monoisotopic (exact) mass is 283 g/mol. The Hall–Kier alpha value is -1.42. The summed E-state index contributed by atoms with van der Waals surface area (Å²) in [5, 5.41) is 3.01. The van der Waals surface area contributed by atoms with Crippen molar-refractivity contribution in [2.45, 2.75) is 26.3 Å². The van der Waals surface area contributed by atoms with Crippen LogP contribution in [0.3, 0.4) is 0 Å². The van der Waals surface area contributed by atoms with Crippen LogP contribution in [-0.2, 0) is 0 Å². The number of carbonyl (C=O) groups is 1. The molecule has 1 aliphatic rings. The Bertz CT molecular complexity index is 462. The van der Waals surface area contributed by atoms with E-state index in [9.17, 15) is 4.79 Å². The van der Waals surface area contributed by atoms with Crippen molar-refractivity contribution >= 4 is 17.5 Å². The number of hydrogen-bond acceptors (Lipinski definition) is 3. The summed E-state index contributed by atoms with van der Waals surface area (Å²) in [6, 6.07) is 5.27. The zero-order valence-electron chi connectivity index (χ0n) is 11.1. The molecule has 4 nitrogen and oxygen atoms in total. The minimum Gasteiger partial charge on any atom is -0.454 e. The van der Waals surface area contributed by atoms with Crippen LogP contribution in [0.15, 0.2) is 18.2 Å². The van der Waals surface area contributed by atoms with Crippen LogP contribution in [-0.4, -0.2) is 24.6 Å². The van der Waals surface area contributed by atoms with E-state index in [1.165, 1.54) is 0 Å². The zero-order valence-corrected chi connectivity index (χ0v) is 11.9. The van der Waals surface area contributed by atoms with Gasteiger partial charge in [0.1, 0.15) is 0 Å². The first-order chi connectivity index (χ1) is 9.11. The molecule has 1 aliphatic heterocycles. The van der Waals surface area contributed by atoms with Gasteiger partial charge in [-0.05, 0) is 30.5 Å². The zero-order chi connectivity index (χ0) is 13.8. The molecule has 1 aromatic carbocycles. The Morgan fingerprint density at radius 3 is 2.79 bits per heavy atom. The third kappa shape index (κ3) is 3.32. The van der Waals surface area contributed by atoms with Gasteiger partial charge in [-0.2, -0.15) is 0 Å². The fourth-order valence-corrected chi connectivity index (χ4v) is 2.21. The summed E-state index contributed by atoms with van der Waals surface area (Å²) < 4.78 is 10.5. The first-order valence-electron chi connectivity index (χ1n) is 6.38. The third-order valence-corrected chi connectivity index (χ3v) is 3.39. The highest BCUT2D eigenvalue weighted by Crippen LogP contribution is 2.32. The Morgan fingerprint density at radius 1 is 1.37 bits per heavy atom. The minimum atomic E-state index is -0.109. The number of ether oxygens (including phenoxy) is 2. The van der Waals surface area contributed by atoms with E-state index in [2.05, 4.69) is 19.2 Å². The highest BCUT2D eigenvalue weighted by Gasteiger charge is 2.19. The fourth-order valence-electron chi connectivity index (χ4n) is 1.98. The quantitative estimate of drug-likeness (QED) is 0.845. The number of halogens is 1. The average Bonchev–Trinajstić information content (AvgIpc) is 2.85. The van der Waals surface area contributed by atoms with Crippen LogP contribution >= 0.6 is 11.6 Å². The largest absolute Gasteiger partial charge is 0.454 e. The van der Waals surface area contributed by atoms with E-state index in [-0.39, 0.29) is 18.7 Å². The Labute approximate surface area is 118 Å². The van der Waals surface area contributed by atoms with Gasteiger partial charge in [-0.3, -0.25) is 4.79 Å². The van der Waals surface area contributed by atoms with Crippen LogP contribution in [0.4, 0.5) is 0 Å². The van der Waals surface area contributed by atoms with E-state index < -0.39 is 0 Å². The van der Waals surface area contributed by atoms with Crippen LogP contribution < -0.4 is 14.8 Å². The molecule has 19 heavy (non-hydrogen) atoms. The molecule has 1 heterocycles. The van der Waals surface area contributed by atoms with Crippen molar-refractivity contribution in [2.24, 2.45) is 5.92 Å². The Balaban J connectivity index is 2.07. The van der Waals surface area contributed by atoms with Gasteiger partial charge in [-0.1, -0.05) is 13.8 Å². The summed E-state index contributed by atoms with van der Waals surface area (Å²) >= 11 is 5.76. The van der Waals surface area contributed by atoms with Crippen LogP contribution in [0.25, 0.3) is 0 Å². The van der Waals surface area contributed by atoms with Gasteiger partial charge in [-0.25, -0.2) is 0 Å². The molecule has 1 aromatic rings. The van der Waals surface area contributed by atoms with Crippen molar-refractivity contribution in [3.63, 3.8) is 0 Å². The normalized spacial score (nSPS) is 14.5. The molecular formula is C14H18ClNO3. The smallest absolute Gasteiger partial charge is 0.251 e. The van der Waals surface area contributed by atoms with E-state index in [1.807, 2.05) is 0 Å². The van der Waals surface area contributed by atoms with Crippen LogP contribution in [0.2, 0.25) is 0 Å². The first kappa shape index (κ1) is 14.0. The molecule has 1 unspecified atom stereocenters. The predicted molar refractivity (Wildman–Crippen MR) is 74.0 cm³/mol. The molecule has 2 rings (SSSR count). The van der Waals surface area contributed by atoms with E-state index in [1.54, 1.807) is 18.2 Å². The molecule has 0 bridgehead atoms. The second-order valence-electron chi connectivity index (χ2n) is 4.87. The molecule has 1 N–H and O–H groups in total. The molecule has 0 aromatic heterocycles. The number of alkyl halides is 1. The number of nitrogens with one attached hydrogen (secondary N) is 1. The number of amides is 1. The van der Waals surface area contributed by atoms with Crippen molar-refractivity contribution in [1.29, 1.82) is 0 Å². The van der Waals surface area contributed by atoms with E-state index in [0.29, 0.717) is 28.9 Å². The maximum Gasteiger partial charge on any atom is 0.251 e.